The maximum atomic E-state index is 12.0. The van der Waals surface area contributed by atoms with Crippen molar-refractivity contribution in [2.45, 2.75) is 19.8 Å². The summed E-state index contributed by atoms with van der Waals surface area (Å²) in [5.74, 6) is 0.684. The fourth-order valence-electron chi connectivity index (χ4n) is 2.16. The summed E-state index contributed by atoms with van der Waals surface area (Å²) in [4.78, 5) is 12.0. The molecule has 2 aromatic carbocycles. The molecule has 0 aliphatic heterocycles. The van der Waals surface area contributed by atoms with E-state index >= 15 is 0 Å². The van der Waals surface area contributed by atoms with Crippen LogP contribution in [-0.2, 0) is 4.79 Å². The van der Waals surface area contributed by atoms with E-state index in [2.05, 4.69) is 0 Å². The molecule has 0 saturated carbocycles. The molecule has 2 aromatic rings. The normalized spacial score (nSPS) is 10.0. The summed E-state index contributed by atoms with van der Waals surface area (Å²) in [5.41, 5.74) is 1.44. The number of carbonyl (C=O) groups excluding carboxylic acids is 1. The molecular weight excluding hydrogens is 342 g/mol. The first-order valence-corrected chi connectivity index (χ1v) is 8.09. The molecule has 6 heteroatoms. The molecule has 25 heavy (non-hydrogen) atoms. The first-order valence-electron chi connectivity index (χ1n) is 7.71. The second kappa shape index (κ2) is 8.95. The predicted molar refractivity (Wildman–Crippen MR) is 94.3 cm³/mol. The third-order valence-corrected chi connectivity index (χ3v) is 3.64. The highest BCUT2D eigenvalue weighted by Crippen LogP contribution is 2.36. The average molecular weight is 360 g/mol. The van der Waals surface area contributed by atoms with Crippen LogP contribution in [0.2, 0.25) is 5.02 Å². The van der Waals surface area contributed by atoms with Crippen LogP contribution in [0.15, 0.2) is 36.4 Å². The minimum absolute atomic E-state index is 0.118. The van der Waals surface area contributed by atoms with E-state index in [9.17, 15) is 4.79 Å². The van der Waals surface area contributed by atoms with E-state index in [1.807, 2.05) is 37.3 Å². The zero-order valence-electron chi connectivity index (χ0n) is 14.0. The van der Waals surface area contributed by atoms with Gasteiger partial charge in [-0.3, -0.25) is 4.79 Å². The molecule has 0 unspecified atom stereocenters. The van der Waals surface area contributed by atoms with E-state index in [1.165, 1.54) is 19.2 Å². The number of nitrogens with zero attached hydrogens (tertiary/aromatic N) is 1. The van der Waals surface area contributed by atoms with Gasteiger partial charge in [0.15, 0.2) is 11.5 Å². The number of rotatable bonds is 7. The third-order valence-electron chi connectivity index (χ3n) is 3.36. The molecule has 0 fully saturated rings. The summed E-state index contributed by atoms with van der Waals surface area (Å²) in [6.45, 7) is 2.38. The highest BCUT2D eigenvalue weighted by molar-refractivity contribution is 6.32. The maximum absolute atomic E-state index is 12.0. The Morgan fingerprint density at radius 3 is 2.76 bits per heavy atom. The molecule has 130 valence electrons. The Morgan fingerprint density at radius 1 is 1.28 bits per heavy atom. The van der Waals surface area contributed by atoms with Gasteiger partial charge in [0.2, 0.25) is 0 Å². The SMILES string of the molecule is COc1cc(C#N)cc(Cl)c1OC(=O)CCCOc1cccc(C)c1. The van der Waals surface area contributed by atoms with Crippen molar-refractivity contribution in [3.8, 4) is 23.3 Å². The summed E-state index contributed by atoms with van der Waals surface area (Å²) in [5, 5.41) is 9.08. The van der Waals surface area contributed by atoms with Gasteiger partial charge >= 0.3 is 5.97 Å². The van der Waals surface area contributed by atoms with Crippen LogP contribution in [0.25, 0.3) is 0 Å². The van der Waals surface area contributed by atoms with Gasteiger partial charge in [0.05, 0.1) is 30.4 Å². The van der Waals surface area contributed by atoms with Crippen molar-refractivity contribution in [2.24, 2.45) is 0 Å². The van der Waals surface area contributed by atoms with Crippen molar-refractivity contribution < 1.29 is 19.0 Å². The summed E-state index contributed by atoms with van der Waals surface area (Å²) < 4.78 is 16.0. The van der Waals surface area contributed by atoms with Gasteiger partial charge in [-0.2, -0.15) is 5.26 Å². The fourth-order valence-corrected chi connectivity index (χ4v) is 2.41. The Balaban J connectivity index is 1.87. The summed E-state index contributed by atoms with van der Waals surface area (Å²) >= 11 is 6.06. The number of hydrogen-bond acceptors (Lipinski definition) is 5. The van der Waals surface area contributed by atoms with E-state index in [1.54, 1.807) is 0 Å². The summed E-state index contributed by atoms with van der Waals surface area (Å²) in [6, 6.07) is 12.6. The number of hydrogen-bond donors (Lipinski definition) is 0. The predicted octanol–water partition coefficient (Wildman–Crippen LogP) is 4.29. The quantitative estimate of drug-likeness (QED) is 0.419. The highest BCUT2D eigenvalue weighted by Gasteiger charge is 2.16. The minimum Gasteiger partial charge on any atom is -0.494 e. The van der Waals surface area contributed by atoms with Crippen LogP contribution >= 0.6 is 11.6 Å². The lowest BCUT2D eigenvalue weighted by molar-refractivity contribution is -0.134. The van der Waals surface area contributed by atoms with E-state index in [-0.39, 0.29) is 22.9 Å². The average Bonchev–Trinajstić information content (AvgIpc) is 2.60. The number of ether oxygens (including phenoxy) is 3. The molecule has 0 N–H and O–H groups in total. The van der Waals surface area contributed by atoms with Crippen LogP contribution in [-0.4, -0.2) is 19.7 Å². The lowest BCUT2D eigenvalue weighted by atomic mass is 10.2. The van der Waals surface area contributed by atoms with Crippen molar-refractivity contribution in [3.63, 3.8) is 0 Å². The first-order chi connectivity index (χ1) is 12.0. The Bertz CT molecular complexity index is 798. The van der Waals surface area contributed by atoms with Crippen molar-refractivity contribution in [1.29, 1.82) is 5.26 Å². The Hall–Kier alpha value is -2.71. The monoisotopic (exact) mass is 359 g/mol. The van der Waals surface area contributed by atoms with Crippen LogP contribution in [0.4, 0.5) is 0 Å². The number of halogens is 1. The highest BCUT2D eigenvalue weighted by atomic mass is 35.5. The van der Waals surface area contributed by atoms with Crippen LogP contribution in [0, 0.1) is 18.3 Å². The van der Waals surface area contributed by atoms with Gasteiger partial charge in [-0.1, -0.05) is 23.7 Å². The van der Waals surface area contributed by atoms with Crippen molar-refractivity contribution in [2.75, 3.05) is 13.7 Å². The van der Waals surface area contributed by atoms with Gasteiger partial charge in [-0.05, 0) is 37.1 Å². The molecular formula is C19H18ClNO4. The van der Waals surface area contributed by atoms with Crippen molar-refractivity contribution in [3.05, 3.63) is 52.5 Å². The van der Waals surface area contributed by atoms with E-state index in [0.29, 0.717) is 18.6 Å². The van der Waals surface area contributed by atoms with Crippen LogP contribution < -0.4 is 14.2 Å². The van der Waals surface area contributed by atoms with Crippen LogP contribution in [0.1, 0.15) is 24.0 Å². The second-order valence-electron chi connectivity index (χ2n) is 5.34. The number of methoxy groups -OCH3 is 1. The number of nitriles is 1. The molecule has 0 aliphatic rings. The Labute approximate surface area is 151 Å². The molecule has 0 heterocycles. The molecule has 0 saturated heterocycles. The van der Waals surface area contributed by atoms with Gasteiger partial charge in [-0.25, -0.2) is 0 Å². The summed E-state index contributed by atoms with van der Waals surface area (Å²) in [7, 11) is 1.42. The van der Waals surface area contributed by atoms with Gasteiger partial charge < -0.3 is 14.2 Å². The number of aryl methyl sites for hydroxylation is 1. The van der Waals surface area contributed by atoms with Crippen molar-refractivity contribution >= 4 is 17.6 Å². The smallest absolute Gasteiger partial charge is 0.311 e. The molecule has 2 rings (SSSR count). The zero-order chi connectivity index (χ0) is 18.2. The molecule has 0 radical (unpaired) electrons. The van der Waals surface area contributed by atoms with Crippen LogP contribution in [0.3, 0.4) is 0 Å². The molecule has 0 amide bonds. The van der Waals surface area contributed by atoms with E-state index in [0.717, 1.165) is 11.3 Å². The molecule has 5 nitrogen and oxygen atoms in total. The molecule has 0 bridgehead atoms. The standard InChI is InChI=1S/C19H18ClNO4/c1-13-5-3-6-15(9-13)24-8-4-7-18(22)25-19-16(20)10-14(12-21)11-17(19)23-2/h3,5-6,9-11H,4,7-8H2,1-2H3. The largest absolute Gasteiger partial charge is 0.494 e. The molecule has 0 aromatic heterocycles. The zero-order valence-corrected chi connectivity index (χ0v) is 14.8. The molecule has 0 aliphatic carbocycles. The number of carbonyl (C=O) groups is 1. The van der Waals surface area contributed by atoms with E-state index < -0.39 is 5.97 Å². The number of benzene rings is 2. The van der Waals surface area contributed by atoms with Gasteiger partial charge in [0.1, 0.15) is 5.75 Å². The Kier molecular flexibility index (Phi) is 6.67. The molecule has 0 spiro atoms. The summed E-state index contributed by atoms with van der Waals surface area (Å²) in [6.07, 6.45) is 0.675. The maximum Gasteiger partial charge on any atom is 0.311 e. The van der Waals surface area contributed by atoms with Crippen molar-refractivity contribution in [1.82, 2.24) is 0 Å². The molecule has 0 atom stereocenters. The van der Waals surface area contributed by atoms with Gasteiger partial charge in [0.25, 0.3) is 0 Å². The second-order valence-corrected chi connectivity index (χ2v) is 5.75. The topological polar surface area (TPSA) is 68.5 Å². The Morgan fingerprint density at radius 2 is 2.08 bits per heavy atom. The van der Waals surface area contributed by atoms with E-state index in [4.69, 9.17) is 31.1 Å². The minimum atomic E-state index is -0.447. The lowest BCUT2D eigenvalue weighted by Gasteiger charge is -2.11. The van der Waals surface area contributed by atoms with Crippen LogP contribution in [0.5, 0.6) is 17.2 Å². The first kappa shape index (κ1) is 18.6. The van der Waals surface area contributed by atoms with Gasteiger partial charge in [0, 0.05) is 12.5 Å². The lowest BCUT2D eigenvalue weighted by Crippen LogP contribution is -2.11. The third kappa shape index (κ3) is 5.40. The van der Waals surface area contributed by atoms with Gasteiger partial charge in [-0.15, -0.1) is 0 Å². The number of esters is 1. The fraction of sp³-hybridized carbons (Fsp3) is 0.263.